The Morgan fingerprint density at radius 3 is 2.92 bits per heavy atom. The molecule has 8 nitrogen and oxygen atoms in total. The first-order valence-electron chi connectivity index (χ1n) is 8.73. The SMILES string of the molecule is O=C(C=Cc1cn(C(c2nc3ccccc3[nH]2)C2CCCC2)nn1)NO. The molecule has 1 fully saturated rings. The minimum absolute atomic E-state index is 0.0220. The number of aromatic amines is 1. The van der Waals surface area contributed by atoms with Crippen LogP contribution in [0.4, 0.5) is 0 Å². The molecule has 2 aromatic heterocycles. The van der Waals surface area contributed by atoms with Crippen LogP contribution in [-0.4, -0.2) is 36.1 Å². The number of H-pyrrole nitrogens is 1. The number of carbonyl (C=O) groups is 1. The largest absolute Gasteiger partial charge is 0.340 e. The van der Waals surface area contributed by atoms with Gasteiger partial charge in [0, 0.05) is 6.08 Å². The van der Waals surface area contributed by atoms with Gasteiger partial charge in [0.1, 0.15) is 17.6 Å². The summed E-state index contributed by atoms with van der Waals surface area (Å²) in [6, 6.07) is 7.94. The van der Waals surface area contributed by atoms with Crippen LogP contribution in [0.2, 0.25) is 0 Å². The molecular formula is C18H20N6O2. The standard InChI is InChI=1S/C18H20N6O2/c25-16(22-26)10-9-13-11-24(23-21-13)17(12-5-1-2-6-12)18-19-14-7-3-4-8-15(14)20-18/h3-4,7-12,17,26H,1-2,5-6H2,(H,19,20)(H,22,25). The second kappa shape index (κ2) is 7.09. The van der Waals surface area contributed by atoms with E-state index in [1.165, 1.54) is 25.0 Å². The molecule has 3 N–H and O–H groups in total. The number of amides is 1. The van der Waals surface area contributed by atoms with Gasteiger partial charge >= 0.3 is 0 Å². The third-order valence-corrected chi connectivity index (χ3v) is 4.86. The number of nitrogens with zero attached hydrogens (tertiary/aromatic N) is 4. The number of hydrogen-bond acceptors (Lipinski definition) is 5. The summed E-state index contributed by atoms with van der Waals surface area (Å²) < 4.78 is 1.82. The molecule has 0 saturated heterocycles. The summed E-state index contributed by atoms with van der Waals surface area (Å²) in [4.78, 5) is 19.3. The van der Waals surface area contributed by atoms with Crippen LogP contribution in [0.5, 0.6) is 0 Å². The van der Waals surface area contributed by atoms with Crippen LogP contribution >= 0.6 is 0 Å². The van der Waals surface area contributed by atoms with Crippen molar-refractivity contribution in [2.75, 3.05) is 0 Å². The number of fused-ring (bicyclic) bond motifs is 1. The number of para-hydroxylation sites is 2. The lowest BCUT2D eigenvalue weighted by molar-refractivity contribution is -0.124. The molecule has 4 rings (SSSR count). The number of benzene rings is 1. The molecule has 1 atom stereocenters. The van der Waals surface area contributed by atoms with Gasteiger partial charge in [0.05, 0.1) is 17.2 Å². The number of carbonyl (C=O) groups excluding carboxylic acids is 1. The van der Waals surface area contributed by atoms with Gasteiger partial charge in [-0.15, -0.1) is 5.10 Å². The van der Waals surface area contributed by atoms with Crippen LogP contribution in [0.15, 0.2) is 36.5 Å². The summed E-state index contributed by atoms with van der Waals surface area (Å²) in [6.07, 6.45) is 9.19. The molecule has 0 aliphatic heterocycles. The summed E-state index contributed by atoms with van der Waals surface area (Å²) in [6.45, 7) is 0. The molecule has 1 amide bonds. The molecule has 0 spiro atoms. The molecule has 2 heterocycles. The van der Waals surface area contributed by atoms with Crippen molar-refractivity contribution in [1.82, 2.24) is 30.4 Å². The van der Waals surface area contributed by atoms with E-state index in [-0.39, 0.29) is 6.04 Å². The fraction of sp³-hybridized carbons (Fsp3) is 0.333. The summed E-state index contributed by atoms with van der Waals surface area (Å²) in [5.74, 6) is 0.714. The Hall–Kier alpha value is -3.00. The lowest BCUT2D eigenvalue weighted by Gasteiger charge is -2.21. The number of hydroxylamine groups is 1. The molecule has 1 saturated carbocycles. The minimum Gasteiger partial charge on any atom is -0.340 e. The molecule has 0 radical (unpaired) electrons. The molecular weight excluding hydrogens is 332 g/mol. The van der Waals surface area contributed by atoms with Crippen LogP contribution < -0.4 is 5.48 Å². The zero-order valence-electron chi connectivity index (χ0n) is 14.2. The van der Waals surface area contributed by atoms with Crippen molar-refractivity contribution < 1.29 is 10.0 Å². The highest BCUT2D eigenvalue weighted by molar-refractivity contribution is 5.90. The van der Waals surface area contributed by atoms with E-state index in [0.29, 0.717) is 11.6 Å². The molecule has 134 valence electrons. The zero-order valence-corrected chi connectivity index (χ0v) is 14.2. The lowest BCUT2D eigenvalue weighted by atomic mass is 9.97. The van der Waals surface area contributed by atoms with Crippen molar-refractivity contribution in [2.24, 2.45) is 5.92 Å². The van der Waals surface area contributed by atoms with Crippen molar-refractivity contribution >= 4 is 23.0 Å². The number of hydrogen-bond donors (Lipinski definition) is 3. The lowest BCUT2D eigenvalue weighted by Crippen LogP contribution is -2.21. The van der Waals surface area contributed by atoms with Gasteiger partial charge in [-0.1, -0.05) is 30.2 Å². The van der Waals surface area contributed by atoms with E-state index in [0.717, 1.165) is 29.7 Å². The molecule has 0 bridgehead atoms. The summed E-state index contributed by atoms with van der Waals surface area (Å²) in [5.41, 5.74) is 4.04. The summed E-state index contributed by atoms with van der Waals surface area (Å²) in [7, 11) is 0. The monoisotopic (exact) mass is 352 g/mol. The predicted molar refractivity (Wildman–Crippen MR) is 95.2 cm³/mol. The van der Waals surface area contributed by atoms with E-state index < -0.39 is 5.91 Å². The van der Waals surface area contributed by atoms with Gasteiger partial charge in [-0.05, 0) is 37.0 Å². The maximum Gasteiger partial charge on any atom is 0.267 e. The van der Waals surface area contributed by atoms with Crippen molar-refractivity contribution in [3.8, 4) is 0 Å². The Balaban J connectivity index is 1.68. The second-order valence-electron chi connectivity index (χ2n) is 6.56. The maximum atomic E-state index is 11.1. The fourth-order valence-corrected chi connectivity index (χ4v) is 3.65. The Labute approximate surface area is 149 Å². The van der Waals surface area contributed by atoms with E-state index in [2.05, 4.69) is 15.3 Å². The number of aromatic nitrogens is 5. The van der Waals surface area contributed by atoms with E-state index in [4.69, 9.17) is 10.2 Å². The highest BCUT2D eigenvalue weighted by Gasteiger charge is 2.31. The highest BCUT2D eigenvalue weighted by atomic mass is 16.5. The Bertz CT molecular complexity index is 905. The first kappa shape index (κ1) is 16.5. The molecule has 1 unspecified atom stereocenters. The van der Waals surface area contributed by atoms with Crippen molar-refractivity contribution in [3.05, 3.63) is 48.1 Å². The predicted octanol–water partition coefficient (Wildman–Crippen LogP) is 2.45. The number of imidazole rings is 1. The van der Waals surface area contributed by atoms with E-state index in [1.807, 2.05) is 28.9 Å². The number of nitrogens with one attached hydrogen (secondary N) is 2. The summed E-state index contributed by atoms with van der Waals surface area (Å²) in [5, 5.41) is 17.0. The maximum absolute atomic E-state index is 11.1. The molecule has 3 aromatic rings. The van der Waals surface area contributed by atoms with Gasteiger partial charge in [-0.3, -0.25) is 10.0 Å². The Morgan fingerprint density at radius 2 is 2.15 bits per heavy atom. The molecule has 1 aromatic carbocycles. The van der Waals surface area contributed by atoms with Crippen molar-refractivity contribution in [1.29, 1.82) is 0 Å². The summed E-state index contributed by atoms with van der Waals surface area (Å²) >= 11 is 0. The van der Waals surface area contributed by atoms with E-state index in [1.54, 1.807) is 11.7 Å². The van der Waals surface area contributed by atoms with Gasteiger partial charge in [0.25, 0.3) is 5.91 Å². The first-order chi connectivity index (χ1) is 12.7. The molecule has 1 aliphatic carbocycles. The Morgan fingerprint density at radius 1 is 1.35 bits per heavy atom. The van der Waals surface area contributed by atoms with Crippen LogP contribution in [0, 0.1) is 5.92 Å². The Kier molecular flexibility index (Phi) is 4.49. The first-order valence-corrected chi connectivity index (χ1v) is 8.73. The molecule has 1 aliphatic rings. The van der Waals surface area contributed by atoms with Gasteiger partial charge < -0.3 is 4.98 Å². The quantitative estimate of drug-likeness (QED) is 0.371. The average molecular weight is 352 g/mol. The van der Waals surface area contributed by atoms with Crippen molar-refractivity contribution in [3.63, 3.8) is 0 Å². The normalized spacial score (nSPS) is 16.5. The molecule has 26 heavy (non-hydrogen) atoms. The van der Waals surface area contributed by atoms with Gasteiger partial charge in [0.2, 0.25) is 0 Å². The van der Waals surface area contributed by atoms with Gasteiger partial charge in [-0.25, -0.2) is 15.1 Å². The number of rotatable bonds is 5. The second-order valence-corrected chi connectivity index (χ2v) is 6.56. The van der Waals surface area contributed by atoms with Gasteiger partial charge in [-0.2, -0.15) is 0 Å². The van der Waals surface area contributed by atoms with Crippen LogP contribution in [0.3, 0.4) is 0 Å². The topological polar surface area (TPSA) is 109 Å². The van der Waals surface area contributed by atoms with Gasteiger partial charge in [0.15, 0.2) is 0 Å². The minimum atomic E-state index is -0.607. The molecule has 8 heteroatoms. The van der Waals surface area contributed by atoms with Crippen LogP contribution in [-0.2, 0) is 4.79 Å². The van der Waals surface area contributed by atoms with Crippen LogP contribution in [0.1, 0.15) is 43.2 Å². The van der Waals surface area contributed by atoms with Crippen LogP contribution in [0.25, 0.3) is 17.1 Å². The van der Waals surface area contributed by atoms with E-state index in [9.17, 15) is 4.79 Å². The third kappa shape index (κ3) is 3.23. The van der Waals surface area contributed by atoms with E-state index >= 15 is 0 Å². The van der Waals surface area contributed by atoms with Crippen molar-refractivity contribution in [2.45, 2.75) is 31.7 Å². The fourth-order valence-electron chi connectivity index (χ4n) is 3.65. The zero-order chi connectivity index (χ0) is 17.9. The third-order valence-electron chi connectivity index (χ3n) is 4.86. The smallest absolute Gasteiger partial charge is 0.267 e. The average Bonchev–Trinajstić information content (AvgIpc) is 3.41. The highest BCUT2D eigenvalue weighted by Crippen LogP contribution is 2.37.